The number of nitrogens with one attached hydrogen (secondary N) is 1. The summed E-state index contributed by atoms with van der Waals surface area (Å²) in [5.74, 6) is 0.735. The van der Waals surface area contributed by atoms with Crippen molar-refractivity contribution in [3.8, 4) is 17.2 Å². The van der Waals surface area contributed by atoms with E-state index in [0.717, 1.165) is 5.56 Å². The van der Waals surface area contributed by atoms with Gasteiger partial charge in [0.25, 0.3) is 11.6 Å². The first-order valence-corrected chi connectivity index (χ1v) is 9.06. The van der Waals surface area contributed by atoms with Gasteiger partial charge in [-0.3, -0.25) is 14.9 Å². The van der Waals surface area contributed by atoms with Crippen LogP contribution in [0.1, 0.15) is 15.9 Å². The molecule has 150 valence electrons. The zero-order chi connectivity index (χ0) is 21.3. The van der Waals surface area contributed by atoms with Crippen LogP contribution in [0.25, 0.3) is 22.6 Å². The Morgan fingerprint density at radius 2 is 1.87 bits per heavy atom. The van der Waals surface area contributed by atoms with Crippen LogP contribution in [0.4, 0.5) is 11.4 Å². The molecule has 0 atom stereocenters. The fourth-order valence-corrected chi connectivity index (χ4v) is 2.98. The number of ether oxygens (including phenoxy) is 1. The molecule has 0 spiro atoms. The van der Waals surface area contributed by atoms with Crippen molar-refractivity contribution in [3.05, 3.63) is 81.9 Å². The zero-order valence-electron chi connectivity index (χ0n) is 16.2. The molecule has 0 radical (unpaired) electrons. The number of hydrogen-bond acceptors (Lipinski definition) is 6. The van der Waals surface area contributed by atoms with E-state index >= 15 is 0 Å². The molecule has 1 aromatic heterocycles. The third-order valence-corrected chi connectivity index (χ3v) is 4.67. The SMILES string of the molecule is COc1ccc2oc(-c3ccc(C)c(NC(=O)c4ccc([N+](=O)[O-])cc4)c3)nc2c1. The minimum atomic E-state index is -0.509. The quantitative estimate of drug-likeness (QED) is 0.372. The van der Waals surface area contributed by atoms with Crippen LogP contribution in [0.3, 0.4) is 0 Å². The number of oxazole rings is 1. The highest BCUT2D eigenvalue weighted by molar-refractivity contribution is 6.05. The van der Waals surface area contributed by atoms with Gasteiger partial charge in [0, 0.05) is 35.0 Å². The Hall–Kier alpha value is -4.20. The van der Waals surface area contributed by atoms with Gasteiger partial charge in [-0.2, -0.15) is 0 Å². The molecular formula is C22H17N3O5. The van der Waals surface area contributed by atoms with Crippen LogP contribution in [-0.2, 0) is 0 Å². The van der Waals surface area contributed by atoms with Gasteiger partial charge < -0.3 is 14.5 Å². The number of nitro benzene ring substituents is 1. The van der Waals surface area contributed by atoms with Crippen molar-refractivity contribution in [3.63, 3.8) is 0 Å². The summed E-state index contributed by atoms with van der Waals surface area (Å²) in [5.41, 5.74) is 3.69. The molecule has 0 aliphatic rings. The fraction of sp³-hybridized carbons (Fsp3) is 0.0909. The number of fused-ring (bicyclic) bond motifs is 1. The van der Waals surface area contributed by atoms with Gasteiger partial charge in [0.15, 0.2) is 5.58 Å². The van der Waals surface area contributed by atoms with Gasteiger partial charge in [-0.1, -0.05) is 6.07 Å². The minimum absolute atomic E-state index is 0.0719. The number of aromatic nitrogens is 1. The third kappa shape index (κ3) is 3.70. The van der Waals surface area contributed by atoms with Crippen LogP contribution in [0.5, 0.6) is 5.75 Å². The maximum absolute atomic E-state index is 12.6. The summed E-state index contributed by atoms with van der Waals surface area (Å²) in [6.07, 6.45) is 0. The van der Waals surface area contributed by atoms with Crippen LogP contribution < -0.4 is 10.1 Å². The Balaban J connectivity index is 1.61. The largest absolute Gasteiger partial charge is 0.497 e. The molecule has 0 unspecified atom stereocenters. The second-order valence-electron chi connectivity index (χ2n) is 6.64. The first-order chi connectivity index (χ1) is 14.4. The van der Waals surface area contributed by atoms with E-state index in [4.69, 9.17) is 9.15 Å². The smallest absolute Gasteiger partial charge is 0.269 e. The number of rotatable bonds is 5. The molecule has 4 rings (SSSR count). The van der Waals surface area contributed by atoms with E-state index in [-0.39, 0.29) is 11.6 Å². The molecule has 30 heavy (non-hydrogen) atoms. The zero-order valence-corrected chi connectivity index (χ0v) is 16.2. The van der Waals surface area contributed by atoms with Crippen molar-refractivity contribution >= 4 is 28.4 Å². The van der Waals surface area contributed by atoms with Crippen LogP contribution in [-0.4, -0.2) is 22.9 Å². The van der Waals surface area contributed by atoms with Gasteiger partial charge in [0.1, 0.15) is 11.3 Å². The van der Waals surface area contributed by atoms with E-state index in [0.29, 0.717) is 39.6 Å². The monoisotopic (exact) mass is 403 g/mol. The van der Waals surface area contributed by atoms with Gasteiger partial charge in [-0.15, -0.1) is 0 Å². The van der Waals surface area contributed by atoms with Crippen LogP contribution >= 0.6 is 0 Å². The highest BCUT2D eigenvalue weighted by Crippen LogP contribution is 2.29. The van der Waals surface area contributed by atoms with Crippen molar-refractivity contribution in [1.29, 1.82) is 0 Å². The molecule has 0 bridgehead atoms. The number of amides is 1. The lowest BCUT2D eigenvalue weighted by molar-refractivity contribution is -0.384. The number of nitro groups is 1. The summed E-state index contributed by atoms with van der Waals surface area (Å²) in [7, 11) is 1.59. The molecule has 0 saturated heterocycles. The van der Waals surface area contributed by atoms with Crippen molar-refractivity contribution in [1.82, 2.24) is 4.98 Å². The van der Waals surface area contributed by atoms with Crippen LogP contribution in [0.2, 0.25) is 0 Å². The number of anilines is 1. The van der Waals surface area contributed by atoms with Gasteiger partial charge in [-0.05, 0) is 48.9 Å². The summed E-state index contributed by atoms with van der Waals surface area (Å²) in [5, 5.41) is 13.6. The predicted molar refractivity (Wildman–Crippen MR) is 112 cm³/mol. The van der Waals surface area contributed by atoms with E-state index in [2.05, 4.69) is 10.3 Å². The van der Waals surface area contributed by atoms with E-state index in [1.165, 1.54) is 24.3 Å². The van der Waals surface area contributed by atoms with E-state index in [9.17, 15) is 14.9 Å². The summed E-state index contributed by atoms with van der Waals surface area (Å²) in [6, 6.07) is 16.3. The Labute approximate surface area is 171 Å². The summed E-state index contributed by atoms with van der Waals surface area (Å²) in [4.78, 5) is 27.3. The summed E-state index contributed by atoms with van der Waals surface area (Å²) >= 11 is 0. The predicted octanol–water partition coefficient (Wildman–Crippen LogP) is 4.97. The molecule has 0 aliphatic carbocycles. The molecule has 1 amide bonds. The molecule has 8 nitrogen and oxygen atoms in total. The molecule has 3 aromatic carbocycles. The maximum atomic E-state index is 12.6. The Morgan fingerprint density at radius 1 is 1.10 bits per heavy atom. The van der Waals surface area contributed by atoms with Gasteiger partial charge in [0.2, 0.25) is 5.89 Å². The first kappa shape index (κ1) is 19.1. The van der Waals surface area contributed by atoms with Gasteiger partial charge >= 0.3 is 0 Å². The topological polar surface area (TPSA) is 108 Å². The van der Waals surface area contributed by atoms with Crippen molar-refractivity contribution < 1.29 is 18.9 Å². The van der Waals surface area contributed by atoms with Crippen LogP contribution in [0, 0.1) is 17.0 Å². The van der Waals surface area contributed by atoms with Crippen LogP contribution in [0.15, 0.2) is 65.1 Å². The number of hydrogen-bond donors (Lipinski definition) is 1. The maximum Gasteiger partial charge on any atom is 0.269 e. The first-order valence-electron chi connectivity index (χ1n) is 9.06. The fourth-order valence-electron chi connectivity index (χ4n) is 2.98. The molecule has 0 aliphatic heterocycles. The Kier molecular flexibility index (Phi) is 4.89. The average Bonchev–Trinajstić information content (AvgIpc) is 3.18. The van der Waals surface area contributed by atoms with Gasteiger partial charge in [-0.25, -0.2) is 4.98 Å². The lowest BCUT2D eigenvalue weighted by atomic mass is 10.1. The highest BCUT2D eigenvalue weighted by atomic mass is 16.6. The van der Waals surface area contributed by atoms with Crippen molar-refractivity contribution in [2.45, 2.75) is 6.92 Å². The summed E-state index contributed by atoms with van der Waals surface area (Å²) in [6.45, 7) is 1.87. The van der Waals surface area contributed by atoms with E-state index in [1.54, 1.807) is 31.4 Å². The average molecular weight is 403 g/mol. The Bertz CT molecular complexity index is 1260. The molecule has 0 saturated carbocycles. The second-order valence-corrected chi connectivity index (χ2v) is 6.64. The summed E-state index contributed by atoms with van der Waals surface area (Å²) < 4.78 is 11.0. The number of benzene rings is 3. The Morgan fingerprint density at radius 3 is 2.57 bits per heavy atom. The molecule has 4 aromatic rings. The number of carbonyl (C=O) groups excluding carboxylic acids is 1. The molecule has 1 heterocycles. The lowest BCUT2D eigenvalue weighted by Crippen LogP contribution is -2.12. The van der Waals surface area contributed by atoms with Gasteiger partial charge in [0.05, 0.1) is 12.0 Å². The van der Waals surface area contributed by atoms with E-state index in [1.807, 2.05) is 19.1 Å². The number of methoxy groups -OCH3 is 1. The lowest BCUT2D eigenvalue weighted by Gasteiger charge is -2.09. The minimum Gasteiger partial charge on any atom is -0.497 e. The van der Waals surface area contributed by atoms with Crippen molar-refractivity contribution in [2.24, 2.45) is 0 Å². The standard InChI is InChI=1S/C22H17N3O5/c1-13-3-4-15(22-24-19-12-17(29-2)9-10-20(19)30-22)11-18(13)23-21(26)14-5-7-16(8-6-14)25(27)28/h3-12H,1-2H3,(H,23,26). The number of nitrogens with zero attached hydrogens (tertiary/aromatic N) is 2. The number of carbonyl (C=O) groups is 1. The second kappa shape index (κ2) is 7.67. The molecule has 8 heteroatoms. The molecular weight excluding hydrogens is 386 g/mol. The van der Waals surface area contributed by atoms with E-state index < -0.39 is 4.92 Å². The number of non-ortho nitro benzene ring substituents is 1. The number of aryl methyl sites for hydroxylation is 1. The normalized spacial score (nSPS) is 10.7. The third-order valence-electron chi connectivity index (χ3n) is 4.67. The molecule has 1 N–H and O–H groups in total. The highest BCUT2D eigenvalue weighted by Gasteiger charge is 2.14. The van der Waals surface area contributed by atoms with Crippen molar-refractivity contribution in [2.75, 3.05) is 12.4 Å². The molecule has 0 fully saturated rings.